The molecule has 0 spiro atoms. The highest BCUT2D eigenvalue weighted by Gasteiger charge is 2.25. The molecule has 0 fully saturated rings. The van der Waals surface area contributed by atoms with Gasteiger partial charge in [-0.25, -0.2) is 18.6 Å². The van der Waals surface area contributed by atoms with E-state index in [-0.39, 0.29) is 6.42 Å². The molecule has 1 aromatic carbocycles. The topological polar surface area (TPSA) is 79.4 Å². The van der Waals surface area contributed by atoms with Crippen molar-refractivity contribution in [1.29, 1.82) is 0 Å². The Labute approximate surface area is 197 Å². The molecule has 6 nitrogen and oxygen atoms in total. The first-order valence-corrected chi connectivity index (χ1v) is 10.8. The van der Waals surface area contributed by atoms with Gasteiger partial charge in [-0.2, -0.15) is 0 Å². The molecule has 2 heterocycles. The van der Waals surface area contributed by atoms with Crippen LogP contribution in [-0.4, -0.2) is 33.9 Å². The monoisotopic (exact) mass is 466 g/mol. The Hall–Kier alpha value is -3.81. The number of rotatable bonds is 7. The van der Waals surface area contributed by atoms with Crippen molar-refractivity contribution in [2.75, 3.05) is 0 Å². The predicted octanol–water partition coefficient (Wildman–Crippen LogP) is 5.96. The fourth-order valence-corrected chi connectivity index (χ4v) is 3.57. The summed E-state index contributed by atoms with van der Waals surface area (Å²) >= 11 is 0. The highest BCUT2D eigenvalue weighted by molar-refractivity contribution is 5.85. The van der Waals surface area contributed by atoms with Gasteiger partial charge in [-0.3, -0.25) is 4.99 Å². The van der Waals surface area contributed by atoms with E-state index >= 15 is 0 Å². The third-order valence-corrected chi connectivity index (χ3v) is 4.84. The van der Waals surface area contributed by atoms with Crippen molar-refractivity contribution in [3.63, 3.8) is 0 Å². The number of allylic oxidation sites excluding steroid dienone is 2. The number of amides is 1. The quantitative estimate of drug-likeness (QED) is 0.333. The molecule has 0 saturated carbocycles. The van der Waals surface area contributed by atoms with Crippen LogP contribution in [0.15, 0.2) is 66.1 Å². The summed E-state index contributed by atoms with van der Waals surface area (Å²) < 4.78 is 33.2. The average Bonchev–Trinajstić information content (AvgIpc) is 3.19. The molecule has 2 aromatic heterocycles. The van der Waals surface area contributed by atoms with E-state index in [0.717, 1.165) is 22.7 Å². The number of nitrogens with zero attached hydrogens (tertiary/aromatic N) is 2. The van der Waals surface area contributed by atoms with Crippen molar-refractivity contribution >= 4 is 28.9 Å². The summed E-state index contributed by atoms with van der Waals surface area (Å²) in [6.07, 6.45) is 6.05. The lowest BCUT2D eigenvalue weighted by Gasteiger charge is -2.25. The number of ether oxygens (including phenoxy) is 1. The number of fused-ring (bicyclic) bond motifs is 1. The van der Waals surface area contributed by atoms with Crippen LogP contribution in [0.3, 0.4) is 0 Å². The van der Waals surface area contributed by atoms with E-state index in [1.807, 2.05) is 12.1 Å². The van der Waals surface area contributed by atoms with Crippen LogP contribution in [0.1, 0.15) is 38.8 Å². The number of nitrogens with one attached hydrogen (secondary N) is 2. The molecule has 0 aliphatic heterocycles. The Morgan fingerprint density at radius 3 is 2.59 bits per heavy atom. The zero-order chi connectivity index (χ0) is 24.9. The minimum absolute atomic E-state index is 0.0672. The summed E-state index contributed by atoms with van der Waals surface area (Å²) in [5.41, 5.74) is 2.14. The fourth-order valence-electron chi connectivity index (χ4n) is 3.57. The van der Waals surface area contributed by atoms with E-state index in [0.29, 0.717) is 16.8 Å². The predicted molar refractivity (Wildman–Crippen MR) is 131 cm³/mol. The van der Waals surface area contributed by atoms with Crippen LogP contribution in [0.25, 0.3) is 16.6 Å². The van der Waals surface area contributed by atoms with Gasteiger partial charge in [0.25, 0.3) is 0 Å². The summed E-state index contributed by atoms with van der Waals surface area (Å²) in [7, 11) is 0. The van der Waals surface area contributed by atoms with Crippen LogP contribution in [0.4, 0.5) is 13.6 Å². The number of pyridine rings is 1. The molecular formula is C26H28F2N4O2. The normalized spacial score (nSPS) is 13.6. The summed E-state index contributed by atoms with van der Waals surface area (Å²) in [5, 5.41) is 3.70. The molecule has 0 saturated heterocycles. The molecule has 0 bridgehead atoms. The molecule has 1 amide bonds. The number of benzene rings is 1. The van der Waals surface area contributed by atoms with Crippen LogP contribution in [-0.2, 0) is 11.2 Å². The summed E-state index contributed by atoms with van der Waals surface area (Å²) in [4.78, 5) is 24.7. The molecule has 8 heteroatoms. The Balaban J connectivity index is 2.12. The zero-order valence-corrected chi connectivity index (χ0v) is 19.7. The number of aliphatic imine (C=N–C) groups is 1. The van der Waals surface area contributed by atoms with Gasteiger partial charge in [0.2, 0.25) is 0 Å². The van der Waals surface area contributed by atoms with Crippen LogP contribution in [0, 0.1) is 11.6 Å². The van der Waals surface area contributed by atoms with E-state index in [1.165, 1.54) is 12.1 Å². The van der Waals surface area contributed by atoms with Gasteiger partial charge in [-0.15, -0.1) is 0 Å². The van der Waals surface area contributed by atoms with Crippen molar-refractivity contribution in [3.8, 4) is 0 Å². The first-order chi connectivity index (χ1) is 16.1. The number of H-pyrrole nitrogens is 1. The third kappa shape index (κ3) is 6.37. The van der Waals surface area contributed by atoms with Crippen molar-refractivity contribution in [2.45, 2.75) is 45.8 Å². The number of aromatic nitrogens is 2. The maximum Gasteiger partial charge on any atom is 0.408 e. The number of halogens is 2. The molecule has 0 aliphatic carbocycles. The van der Waals surface area contributed by atoms with Gasteiger partial charge < -0.3 is 15.0 Å². The first kappa shape index (κ1) is 24.8. The van der Waals surface area contributed by atoms with Gasteiger partial charge >= 0.3 is 6.09 Å². The fraction of sp³-hybridized carbons (Fsp3) is 0.269. The smallest absolute Gasteiger partial charge is 0.408 e. The van der Waals surface area contributed by atoms with Gasteiger partial charge in [0.05, 0.1) is 11.7 Å². The summed E-state index contributed by atoms with van der Waals surface area (Å²) in [5.74, 6) is -1.41. The van der Waals surface area contributed by atoms with E-state index in [1.54, 1.807) is 52.4 Å². The highest BCUT2D eigenvalue weighted by Crippen LogP contribution is 2.27. The Kier molecular flexibility index (Phi) is 7.61. The number of hydrogen-bond acceptors (Lipinski definition) is 4. The number of carbonyl (C=O) groups excluding carboxylic acids is 1. The molecule has 3 aromatic rings. The number of hydrogen-bond donors (Lipinski definition) is 2. The van der Waals surface area contributed by atoms with Gasteiger partial charge in [0, 0.05) is 41.2 Å². The van der Waals surface area contributed by atoms with Gasteiger partial charge in [0.1, 0.15) is 22.9 Å². The van der Waals surface area contributed by atoms with Crippen molar-refractivity contribution in [2.24, 2.45) is 4.99 Å². The standard InChI is InChI=1S/C26H28F2N4O2/c1-6-21(18-13-17-8-9-30-24(17)31-15-18)23(29-7-2)22(32-25(33)34-26(3,4)5)12-16-10-19(27)14-20(28)11-16/h6-11,13-15,22H,1,12H2,2-5H3,(H,30,31)(H,32,33)/b23-21+,29-7?/t22-/m0/s1. The van der Waals surface area contributed by atoms with E-state index in [9.17, 15) is 13.6 Å². The SMILES string of the molecule is C=C/C(=C(\N=CC)[C@H](Cc1cc(F)cc(F)c1)NC(=O)OC(C)(C)C)c1cnc2[nH]ccc2c1. The highest BCUT2D eigenvalue weighted by atomic mass is 19.1. The Bertz CT molecular complexity index is 1230. The van der Waals surface area contributed by atoms with E-state index in [4.69, 9.17) is 4.74 Å². The second-order valence-electron chi connectivity index (χ2n) is 8.71. The Morgan fingerprint density at radius 1 is 1.26 bits per heavy atom. The van der Waals surface area contributed by atoms with Gasteiger partial charge in [0.15, 0.2) is 0 Å². The molecule has 34 heavy (non-hydrogen) atoms. The van der Waals surface area contributed by atoms with Crippen molar-refractivity contribution < 1.29 is 18.3 Å². The second-order valence-corrected chi connectivity index (χ2v) is 8.71. The van der Waals surface area contributed by atoms with Gasteiger partial charge in [-0.1, -0.05) is 12.7 Å². The molecule has 0 aliphatic rings. The van der Waals surface area contributed by atoms with E-state index in [2.05, 4.69) is 26.9 Å². The molecule has 2 N–H and O–H groups in total. The molecule has 3 rings (SSSR count). The van der Waals surface area contributed by atoms with E-state index < -0.39 is 29.4 Å². The maximum atomic E-state index is 13.9. The maximum absolute atomic E-state index is 13.9. The van der Waals surface area contributed by atoms with Gasteiger partial charge in [-0.05, 0) is 63.9 Å². The lowest BCUT2D eigenvalue weighted by molar-refractivity contribution is 0.0512. The van der Waals surface area contributed by atoms with Crippen LogP contribution >= 0.6 is 0 Å². The van der Waals surface area contributed by atoms with Crippen molar-refractivity contribution in [1.82, 2.24) is 15.3 Å². The molecule has 1 atom stereocenters. The first-order valence-electron chi connectivity index (χ1n) is 10.8. The second kappa shape index (κ2) is 10.4. The number of aromatic amines is 1. The number of carbonyl (C=O) groups is 1. The third-order valence-electron chi connectivity index (χ3n) is 4.84. The molecular weight excluding hydrogens is 438 g/mol. The lowest BCUT2D eigenvalue weighted by atomic mass is 9.96. The average molecular weight is 467 g/mol. The van der Waals surface area contributed by atoms with Crippen LogP contribution in [0.2, 0.25) is 0 Å². The molecule has 178 valence electrons. The minimum Gasteiger partial charge on any atom is -0.444 e. The molecule has 0 unspecified atom stereocenters. The molecule has 0 radical (unpaired) electrons. The lowest BCUT2D eigenvalue weighted by Crippen LogP contribution is -2.41. The minimum atomic E-state index is -0.776. The van der Waals surface area contributed by atoms with Crippen molar-refractivity contribution in [3.05, 3.63) is 83.8 Å². The van der Waals surface area contributed by atoms with Crippen LogP contribution < -0.4 is 5.32 Å². The van der Waals surface area contributed by atoms with Crippen LogP contribution in [0.5, 0.6) is 0 Å². The zero-order valence-electron chi connectivity index (χ0n) is 19.7. The largest absolute Gasteiger partial charge is 0.444 e. The number of alkyl carbamates (subject to hydrolysis) is 1. The summed E-state index contributed by atoms with van der Waals surface area (Å²) in [6.45, 7) is 10.9. The Morgan fingerprint density at radius 2 is 1.97 bits per heavy atom. The summed E-state index contributed by atoms with van der Waals surface area (Å²) in [6, 6.07) is 6.28.